The molecule has 0 N–H and O–H groups in total. The summed E-state index contributed by atoms with van der Waals surface area (Å²) in [4.78, 5) is 0. The summed E-state index contributed by atoms with van der Waals surface area (Å²) in [5.41, 5.74) is 18.6. The molecule has 2 unspecified atom stereocenters. The Morgan fingerprint density at radius 3 is 1.21 bits per heavy atom. The highest BCUT2D eigenvalue weighted by atomic mass is 28.3. The molecule has 12 rings (SSSR count). The van der Waals surface area contributed by atoms with Crippen LogP contribution in [-0.4, -0.2) is 14.8 Å². The van der Waals surface area contributed by atoms with E-state index in [-0.39, 0.29) is 17.5 Å². The second kappa shape index (κ2) is 16.7. The SMILES string of the molecule is Cc1cc(C)c(B(c2cccc(-c3ccc(C45CC6CC(C4)CC(c4ccc([Si](c7ccccc7)(c7ccccc7)c7ccccc7)cc4)(C6)C5)cc3)c2)c2c(C)cc(C)cc2C)c(C)c1. The lowest BCUT2D eigenvalue weighted by molar-refractivity contribution is -0.0281. The van der Waals surface area contributed by atoms with E-state index in [9.17, 15) is 0 Å². The van der Waals surface area contributed by atoms with Crippen molar-refractivity contribution < 1.29 is 0 Å². The molecular formula is C64H63BSi. The third-order valence-corrected chi connectivity index (χ3v) is 21.5. The van der Waals surface area contributed by atoms with Crippen molar-refractivity contribution in [3.8, 4) is 11.1 Å². The van der Waals surface area contributed by atoms with Crippen molar-refractivity contribution in [1.29, 1.82) is 0 Å². The van der Waals surface area contributed by atoms with Crippen LogP contribution in [0.1, 0.15) is 83.0 Å². The lowest BCUT2D eigenvalue weighted by Crippen LogP contribution is -2.74. The van der Waals surface area contributed by atoms with Crippen molar-refractivity contribution in [1.82, 2.24) is 0 Å². The molecule has 0 saturated heterocycles. The molecular weight excluding hydrogens is 808 g/mol. The predicted octanol–water partition coefficient (Wildman–Crippen LogP) is 10.9. The van der Waals surface area contributed by atoms with E-state index in [1.54, 1.807) is 11.1 Å². The predicted molar refractivity (Wildman–Crippen MR) is 286 cm³/mol. The fourth-order valence-electron chi connectivity index (χ4n) is 14.8. The van der Waals surface area contributed by atoms with Gasteiger partial charge in [0.05, 0.1) is 0 Å². The van der Waals surface area contributed by atoms with Gasteiger partial charge in [-0.1, -0.05) is 238 Å². The van der Waals surface area contributed by atoms with E-state index >= 15 is 0 Å². The summed E-state index contributed by atoms with van der Waals surface area (Å²) in [6, 6.07) is 73.3. The molecule has 4 saturated carbocycles. The van der Waals surface area contributed by atoms with Crippen LogP contribution in [0.15, 0.2) is 188 Å². The normalized spacial score (nSPS) is 20.9. The molecule has 8 aromatic rings. The Labute approximate surface area is 396 Å². The first-order valence-corrected chi connectivity index (χ1v) is 26.7. The van der Waals surface area contributed by atoms with Crippen LogP contribution in [0.2, 0.25) is 0 Å². The van der Waals surface area contributed by atoms with Crippen molar-refractivity contribution in [3.63, 3.8) is 0 Å². The maximum absolute atomic E-state index is 2.58. The third-order valence-electron chi connectivity index (χ3n) is 16.7. The Morgan fingerprint density at radius 1 is 0.394 bits per heavy atom. The number of hydrogen-bond acceptors (Lipinski definition) is 0. The molecule has 0 aromatic heterocycles. The van der Waals surface area contributed by atoms with Gasteiger partial charge in [-0.25, -0.2) is 0 Å². The molecule has 8 aromatic carbocycles. The van der Waals surface area contributed by atoms with Crippen molar-refractivity contribution in [2.75, 3.05) is 0 Å². The molecule has 2 heteroatoms. The average Bonchev–Trinajstić information content (AvgIpc) is 3.32. The molecule has 0 amide bonds. The Bertz CT molecular complexity index is 2830. The molecule has 4 bridgehead atoms. The highest BCUT2D eigenvalue weighted by molar-refractivity contribution is 7.19. The molecule has 2 atom stereocenters. The van der Waals surface area contributed by atoms with Crippen molar-refractivity contribution in [2.45, 2.75) is 90.9 Å². The van der Waals surface area contributed by atoms with Gasteiger partial charge in [-0.15, -0.1) is 0 Å². The zero-order chi connectivity index (χ0) is 45.2. The van der Waals surface area contributed by atoms with Crippen LogP contribution < -0.4 is 37.1 Å². The van der Waals surface area contributed by atoms with E-state index in [0.29, 0.717) is 0 Å². The van der Waals surface area contributed by atoms with Gasteiger partial charge in [0.25, 0.3) is 0 Å². The van der Waals surface area contributed by atoms with Gasteiger partial charge in [-0.3, -0.25) is 0 Å². The average molecular weight is 871 g/mol. The molecule has 0 radical (unpaired) electrons. The molecule has 0 heterocycles. The summed E-state index contributed by atoms with van der Waals surface area (Å²) in [6.45, 7) is 13.8. The van der Waals surface area contributed by atoms with Gasteiger partial charge in [0.2, 0.25) is 6.71 Å². The maximum Gasteiger partial charge on any atom is 0.242 e. The molecule has 0 aliphatic heterocycles. The van der Waals surface area contributed by atoms with E-state index in [2.05, 4.69) is 230 Å². The second-order valence-electron chi connectivity index (χ2n) is 21.2. The summed E-state index contributed by atoms with van der Waals surface area (Å²) >= 11 is 0. The summed E-state index contributed by atoms with van der Waals surface area (Å²) < 4.78 is 0. The minimum Gasteiger partial charge on any atom is -0.0680 e. The van der Waals surface area contributed by atoms with Crippen LogP contribution in [0.5, 0.6) is 0 Å². The Morgan fingerprint density at radius 2 is 0.788 bits per heavy atom. The summed E-state index contributed by atoms with van der Waals surface area (Å²) in [5, 5.41) is 5.78. The fraction of sp³-hybridized carbons (Fsp3) is 0.250. The standard InChI is InChI=1S/C64H63BSi/c1-44-33-46(3)61(47(4)34-44)65(62-48(5)35-45(2)36-49(62)6)56-18-16-17-53(38-56)52-25-27-54(28-26-52)63-39-50-37-51(40-63)42-64(41-50,43-63)55-29-31-60(32-30-55)66(57-19-10-7-11-20-57,58-21-12-8-13-22-58)59-23-14-9-15-24-59/h7-36,38,50-51H,37,39-43H2,1-6H3. The van der Waals surface area contributed by atoms with E-state index in [0.717, 1.165) is 11.8 Å². The summed E-state index contributed by atoms with van der Waals surface area (Å²) in [5.74, 6) is 1.57. The largest absolute Gasteiger partial charge is 0.242 e. The topological polar surface area (TPSA) is 0 Å². The van der Waals surface area contributed by atoms with Crippen LogP contribution in [0.4, 0.5) is 0 Å². The Kier molecular flexibility index (Phi) is 10.8. The molecule has 4 aliphatic rings. The lowest BCUT2D eigenvalue weighted by Gasteiger charge is -2.63. The van der Waals surface area contributed by atoms with Gasteiger partial charge >= 0.3 is 0 Å². The fourth-order valence-corrected chi connectivity index (χ4v) is 19.5. The van der Waals surface area contributed by atoms with Crippen LogP contribution in [0.25, 0.3) is 11.1 Å². The second-order valence-corrected chi connectivity index (χ2v) is 25.0. The smallest absolute Gasteiger partial charge is 0.0680 e. The zero-order valence-electron chi connectivity index (χ0n) is 39.9. The van der Waals surface area contributed by atoms with Gasteiger partial charge in [0.1, 0.15) is 0 Å². The molecule has 66 heavy (non-hydrogen) atoms. The number of benzene rings is 8. The van der Waals surface area contributed by atoms with Crippen molar-refractivity contribution in [3.05, 3.63) is 233 Å². The highest BCUT2D eigenvalue weighted by Crippen LogP contribution is 2.66. The van der Waals surface area contributed by atoms with Crippen LogP contribution in [0.3, 0.4) is 0 Å². The molecule has 0 spiro atoms. The van der Waals surface area contributed by atoms with E-state index < -0.39 is 8.07 Å². The quantitative estimate of drug-likeness (QED) is 0.0949. The monoisotopic (exact) mass is 870 g/mol. The van der Waals surface area contributed by atoms with Gasteiger partial charge in [-0.05, 0) is 146 Å². The molecule has 326 valence electrons. The first-order valence-electron chi connectivity index (χ1n) is 24.7. The van der Waals surface area contributed by atoms with Crippen molar-refractivity contribution in [2.24, 2.45) is 11.8 Å². The summed E-state index contributed by atoms with van der Waals surface area (Å²) in [6.07, 6.45) is 7.97. The number of rotatable bonds is 10. The van der Waals surface area contributed by atoms with Gasteiger partial charge in [0.15, 0.2) is 8.07 Å². The summed E-state index contributed by atoms with van der Waals surface area (Å²) in [7, 11) is -2.57. The van der Waals surface area contributed by atoms with Gasteiger partial charge in [-0.2, -0.15) is 0 Å². The maximum atomic E-state index is 2.58. The van der Waals surface area contributed by atoms with Gasteiger partial charge in [0, 0.05) is 0 Å². The third kappa shape index (κ3) is 7.19. The number of hydrogen-bond donors (Lipinski definition) is 0. The first kappa shape index (κ1) is 42.7. The lowest BCUT2D eigenvalue weighted by atomic mass is 9.34. The first-order chi connectivity index (χ1) is 32.0. The highest BCUT2D eigenvalue weighted by Gasteiger charge is 2.58. The minimum absolute atomic E-state index is 0.163. The minimum atomic E-state index is -2.57. The van der Waals surface area contributed by atoms with Crippen LogP contribution in [0, 0.1) is 53.4 Å². The van der Waals surface area contributed by atoms with E-state index in [1.807, 2.05) is 0 Å². The van der Waals surface area contributed by atoms with Crippen LogP contribution >= 0.6 is 0 Å². The van der Waals surface area contributed by atoms with E-state index in [4.69, 9.17) is 0 Å². The van der Waals surface area contributed by atoms with Gasteiger partial charge < -0.3 is 0 Å². The van der Waals surface area contributed by atoms with Crippen LogP contribution in [-0.2, 0) is 10.8 Å². The molecule has 4 fully saturated rings. The molecule has 0 nitrogen and oxygen atoms in total. The Hall–Kier alpha value is -5.96. The number of aryl methyl sites for hydroxylation is 6. The Balaban J connectivity index is 0.937. The zero-order valence-corrected chi connectivity index (χ0v) is 40.9. The van der Waals surface area contributed by atoms with Crippen molar-refractivity contribution >= 4 is 51.9 Å². The molecule has 4 aliphatic carbocycles. The van der Waals surface area contributed by atoms with E-state index in [1.165, 1.54) is 120 Å².